The zero-order chi connectivity index (χ0) is 13.8. The van der Waals surface area contributed by atoms with Gasteiger partial charge in [-0.15, -0.1) is 36.2 Å². The van der Waals surface area contributed by atoms with E-state index in [0.717, 1.165) is 32.6 Å². The SMILES string of the molecule is CCc1ccc([C@@H](c2cccs2)N2CCNCC2)cc1.Cl.Cl. The first-order chi connectivity index (χ1) is 9.88. The predicted molar refractivity (Wildman–Crippen MR) is 101 cm³/mol. The van der Waals surface area contributed by atoms with Crippen LogP contribution in [-0.4, -0.2) is 31.1 Å². The number of halogens is 2. The van der Waals surface area contributed by atoms with Crippen LogP contribution >= 0.6 is 36.2 Å². The Morgan fingerprint density at radius 1 is 1.09 bits per heavy atom. The fourth-order valence-corrected chi connectivity index (χ4v) is 3.76. The zero-order valence-electron chi connectivity index (χ0n) is 12.8. The van der Waals surface area contributed by atoms with E-state index >= 15 is 0 Å². The second-order valence-electron chi connectivity index (χ2n) is 5.30. The first-order valence-electron chi connectivity index (χ1n) is 7.45. The van der Waals surface area contributed by atoms with Crippen molar-refractivity contribution in [1.82, 2.24) is 10.2 Å². The molecule has 2 heterocycles. The summed E-state index contributed by atoms with van der Waals surface area (Å²) in [6.07, 6.45) is 1.11. The number of hydrogen-bond donors (Lipinski definition) is 1. The van der Waals surface area contributed by atoms with E-state index in [9.17, 15) is 0 Å². The molecule has 1 aliphatic heterocycles. The molecule has 0 saturated carbocycles. The maximum atomic E-state index is 3.45. The summed E-state index contributed by atoms with van der Waals surface area (Å²) in [5.41, 5.74) is 2.84. The van der Waals surface area contributed by atoms with Crippen molar-refractivity contribution in [2.45, 2.75) is 19.4 Å². The van der Waals surface area contributed by atoms with Gasteiger partial charge in [-0.1, -0.05) is 37.3 Å². The predicted octanol–water partition coefficient (Wildman–Crippen LogP) is 4.15. The molecule has 122 valence electrons. The summed E-state index contributed by atoms with van der Waals surface area (Å²) >= 11 is 1.87. The molecule has 0 aliphatic carbocycles. The van der Waals surface area contributed by atoms with Crippen molar-refractivity contribution in [2.75, 3.05) is 26.2 Å². The van der Waals surface area contributed by atoms with Gasteiger partial charge in [0.25, 0.3) is 0 Å². The molecule has 1 N–H and O–H groups in total. The third kappa shape index (κ3) is 4.46. The van der Waals surface area contributed by atoms with Gasteiger partial charge in [0.05, 0.1) is 6.04 Å². The van der Waals surface area contributed by atoms with Gasteiger partial charge in [0.15, 0.2) is 0 Å². The van der Waals surface area contributed by atoms with Gasteiger partial charge in [-0.3, -0.25) is 4.90 Å². The van der Waals surface area contributed by atoms with E-state index in [1.807, 2.05) is 11.3 Å². The summed E-state index contributed by atoms with van der Waals surface area (Å²) in [5.74, 6) is 0. The average molecular weight is 359 g/mol. The Morgan fingerprint density at radius 2 is 1.77 bits per heavy atom. The highest BCUT2D eigenvalue weighted by Gasteiger charge is 2.24. The maximum Gasteiger partial charge on any atom is 0.0696 e. The molecular formula is C17H24Cl2N2S. The van der Waals surface area contributed by atoms with Crippen LogP contribution in [0.5, 0.6) is 0 Å². The molecule has 0 bridgehead atoms. The van der Waals surface area contributed by atoms with Crippen LogP contribution in [0.25, 0.3) is 0 Å². The Morgan fingerprint density at radius 3 is 2.32 bits per heavy atom. The van der Waals surface area contributed by atoms with Crippen LogP contribution in [0.3, 0.4) is 0 Å². The molecule has 2 nitrogen and oxygen atoms in total. The largest absolute Gasteiger partial charge is 0.314 e. The summed E-state index contributed by atoms with van der Waals surface area (Å²) in [5, 5.41) is 5.63. The fourth-order valence-electron chi connectivity index (χ4n) is 2.88. The lowest BCUT2D eigenvalue weighted by molar-refractivity contribution is 0.200. The highest BCUT2D eigenvalue weighted by atomic mass is 35.5. The summed E-state index contributed by atoms with van der Waals surface area (Å²) in [7, 11) is 0. The van der Waals surface area contributed by atoms with E-state index < -0.39 is 0 Å². The van der Waals surface area contributed by atoms with E-state index in [2.05, 4.69) is 58.9 Å². The van der Waals surface area contributed by atoms with Gasteiger partial charge < -0.3 is 5.32 Å². The smallest absolute Gasteiger partial charge is 0.0696 e. The maximum absolute atomic E-state index is 3.45. The minimum Gasteiger partial charge on any atom is -0.314 e. The van der Waals surface area contributed by atoms with Crippen molar-refractivity contribution in [3.63, 3.8) is 0 Å². The molecule has 1 fully saturated rings. The lowest BCUT2D eigenvalue weighted by atomic mass is 10.0. The summed E-state index contributed by atoms with van der Waals surface area (Å²) < 4.78 is 0. The Balaban J connectivity index is 0.00000121. The molecule has 1 aromatic heterocycles. The molecule has 3 rings (SSSR count). The van der Waals surface area contributed by atoms with Gasteiger partial charge in [-0.2, -0.15) is 0 Å². The first kappa shape index (κ1) is 19.5. The average Bonchev–Trinajstić information content (AvgIpc) is 3.03. The Hall–Kier alpha value is -0.580. The zero-order valence-corrected chi connectivity index (χ0v) is 15.3. The van der Waals surface area contributed by atoms with E-state index in [1.165, 1.54) is 16.0 Å². The van der Waals surface area contributed by atoms with Gasteiger partial charge in [-0.25, -0.2) is 0 Å². The number of nitrogens with zero attached hydrogens (tertiary/aromatic N) is 1. The summed E-state index contributed by atoms with van der Waals surface area (Å²) in [6, 6.07) is 14.0. The van der Waals surface area contributed by atoms with Gasteiger partial charge in [0, 0.05) is 31.1 Å². The molecule has 1 atom stereocenters. The van der Waals surface area contributed by atoms with Crippen LogP contribution < -0.4 is 5.32 Å². The van der Waals surface area contributed by atoms with Gasteiger partial charge in [0.1, 0.15) is 0 Å². The molecule has 1 aliphatic rings. The molecule has 0 unspecified atom stereocenters. The number of benzene rings is 1. The Bertz CT molecular complexity index is 522. The van der Waals surface area contributed by atoms with Crippen LogP contribution in [0.15, 0.2) is 41.8 Å². The summed E-state index contributed by atoms with van der Waals surface area (Å²) in [4.78, 5) is 4.06. The van der Waals surface area contributed by atoms with Crippen LogP contribution in [-0.2, 0) is 6.42 Å². The highest BCUT2D eigenvalue weighted by molar-refractivity contribution is 7.10. The monoisotopic (exact) mass is 358 g/mol. The molecule has 1 saturated heterocycles. The Kier molecular flexibility index (Phi) is 8.44. The normalized spacial score (nSPS) is 16.4. The van der Waals surface area contributed by atoms with E-state index in [-0.39, 0.29) is 24.8 Å². The molecule has 0 radical (unpaired) electrons. The number of rotatable bonds is 4. The van der Waals surface area contributed by atoms with Crippen LogP contribution in [0.4, 0.5) is 0 Å². The van der Waals surface area contributed by atoms with Crippen LogP contribution in [0.2, 0.25) is 0 Å². The fraction of sp³-hybridized carbons (Fsp3) is 0.412. The van der Waals surface area contributed by atoms with E-state index in [0.29, 0.717) is 6.04 Å². The van der Waals surface area contributed by atoms with Gasteiger partial charge >= 0.3 is 0 Å². The first-order valence-corrected chi connectivity index (χ1v) is 8.33. The molecule has 2 aromatic rings. The van der Waals surface area contributed by atoms with Gasteiger partial charge in [-0.05, 0) is 29.0 Å². The Labute approximate surface area is 149 Å². The lowest BCUT2D eigenvalue weighted by Gasteiger charge is -2.34. The quantitative estimate of drug-likeness (QED) is 0.882. The molecule has 22 heavy (non-hydrogen) atoms. The second kappa shape index (κ2) is 9.53. The van der Waals surface area contributed by atoms with E-state index in [4.69, 9.17) is 0 Å². The van der Waals surface area contributed by atoms with Crippen molar-refractivity contribution in [2.24, 2.45) is 0 Å². The summed E-state index contributed by atoms with van der Waals surface area (Å²) in [6.45, 7) is 6.64. The molecular weight excluding hydrogens is 335 g/mol. The lowest BCUT2D eigenvalue weighted by Crippen LogP contribution is -2.45. The van der Waals surface area contributed by atoms with Crippen molar-refractivity contribution < 1.29 is 0 Å². The number of nitrogens with one attached hydrogen (secondary N) is 1. The molecule has 5 heteroatoms. The minimum atomic E-state index is 0. The van der Waals surface area contributed by atoms with Crippen molar-refractivity contribution in [1.29, 1.82) is 0 Å². The van der Waals surface area contributed by atoms with Crippen LogP contribution in [0.1, 0.15) is 29.0 Å². The number of aryl methyl sites for hydroxylation is 1. The van der Waals surface area contributed by atoms with Gasteiger partial charge in [0.2, 0.25) is 0 Å². The molecule has 1 aromatic carbocycles. The topological polar surface area (TPSA) is 15.3 Å². The second-order valence-corrected chi connectivity index (χ2v) is 6.28. The third-order valence-corrected chi connectivity index (χ3v) is 4.96. The third-order valence-electron chi connectivity index (χ3n) is 4.03. The molecule has 0 spiro atoms. The minimum absolute atomic E-state index is 0. The number of hydrogen-bond acceptors (Lipinski definition) is 3. The molecule has 0 amide bonds. The van der Waals surface area contributed by atoms with Crippen molar-refractivity contribution in [3.8, 4) is 0 Å². The van der Waals surface area contributed by atoms with Crippen molar-refractivity contribution in [3.05, 3.63) is 57.8 Å². The number of thiophene rings is 1. The van der Waals surface area contributed by atoms with Crippen molar-refractivity contribution >= 4 is 36.2 Å². The van der Waals surface area contributed by atoms with Crippen LogP contribution in [0, 0.1) is 0 Å². The highest BCUT2D eigenvalue weighted by Crippen LogP contribution is 2.32. The van der Waals surface area contributed by atoms with E-state index in [1.54, 1.807) is 0 Å². The standard InChI is InChI=1S/C17H22N2S.2ClH/c1-2-14-5-7-15(8-6-14)17(16-4-3-13-20-16)19-11-9-18-10-12-19;;/h3-8,13,17-18H,2,9-12H2,1H3;2*1H/t17-;;/m0../s1. The number of piperazine rings is 1.